The minimum atomic E-state index is -0.377. The van der Waals surface area contributed by atoms with E-state index in [1.807, 2.05) is 31.2 Å². The summed E-state index contributed by atoms with van der Waals surface area (Å²) in [6.07, 6.45) is 0. The Morgan fingerprint density at radius 2 is 2.04 bits per heavy atom. The third-order valence-electron chi connectivity index (χ3n) is 3.51. The molecule has 0 fully saturated rings. The number of aromatic nitrogens is 2. The molecule has 0 aliphatic heterocycles. The van der Waals surface area contributed by atoms with Gasteiger partial charge >= 0.3 is 5.97 Å². The molecule has 0 aliphatic carbocycles. The lowest BCUT2D eigenvalue weighted by molar-refractivity contribution is 0.0556. The number of thioether (sulfide) groups is 1. The number of rotatable bonds is 5. The third kappa shape index (κ3) is 5.36. The zero-order valence-electron chi connectivity index (χ0n) is 14.4. The first-order valence-electron chi connectivity index (χ1n) is 8.04. The van der Waals surface area contributed by atoms with Crippen molar-refractivity contribution in [2.24, 2.45) is 0 Å². The molecule has 3 rings (SSSR count). The van der Waals surface area contributed by atoms with Crippen LogP contribution in [-0.2, 0) is 4.74 Å². The quantitative estimate of drug-likeness (QED) is 0.354. The minimum absolute atomic E-state index is 0.0331. The van der Waals surface area contributed by atoms with Crippen molar-refractivity contribution in [2.75, 3.05) is 12.4 Å². The molecule has 0 saturated heterocycles. The molecule has 7 heteroatoms. The van der Waals surface area contributed by atoms with Crippen molar-refractivity contribution < 1.29 is 13.9 Å². The Labute approximate surface area is 166 Å². The maximum absolute atomic E-state index is 11.9. The number of carbonyl (C=O) groups excluding carboxylic acids is 1. The van der Waals surface area contributed by atoms with Crippen molar-refractivity contribution in [3.8, 4) is 23.3 Å². The normalized spacial score (nSPS) is 10.1. The Balaban J connectivity index is 1.46. The molecule has 1 heterocycles. The van der Waals surface area contributed by atoms with Crippen LogP contribution in [0.15, 0.2) is 58.2 Å². The van der Waals surface area contributed by atoms with Crippen LogP contribution in [0.1, 0.15) is 15.9 Å². The number of nitrogens with zero attached hydrogens (tertiary/aromatic N) is 2. The Kier molecular flexibility index (Phi) is 6.53. The highest BCUT2D eigenvalue weighted by Gasteiger charge is 2.09. The van der Waals surface area contributed by atoms with Crippen molar-refractivity contribution in [2.45, 2.75) is 12.1 Å². The van der Waals surface area contributed by atoms with Gasteiger partial charge in [0.05, 0.1) is 11.3 Å². The fourth-order valence-electron chi connectivity index (χ4n) is 2.19. The van der Waals surface area contributed by atoms with Gasteiger partial charge < -0.3 is 9.15 Å². The van der Waals surface area contributed by atoms with Crippen LogP contribution in [0.2, 0.25) is 5.02 Å². The highest BCUT2D eigenvalue weighted by Crippen LogP contribution is 2.24. The Morgan fingerprint density at radius 1 is 1.19 bits per heavy atom. The maximum atomic E-state index is 11.9. The van der Waals surface area contributed by atoms with Crippen molar-refractivity contribution in [1.82, 2.24) is 10.2 Å². The second-order valence-electron chi connectivity index (χ2n) is 5.42. The zero-order chi connectivity index (χ0) is 19.1. The summed E-state index contributed by atoms with van der Waals surface area (Å²) in [7, 11) is 0. The summed E-state index contributed by atoms with van der Waals surface area (Å²) in [6.45, 7) is 1.90. The van der Waals surface area contributed by atoms with E-state index in [-0.39, 0.29) is 12.6 Å². The van der Waals surface area contributed by atoms with Crippen LogP contribution < -0.4 is 0 Å². The zero-order valence-corrected chi connectivity index (χ0v) is 16.0. The van der Waals surface area contributed by atoms with E-state index >= 15 is 0 Å². The Hall–Kier alpha value is -2.75. The molecule has 0 bridgehead atoms. The van der Waals surface area contributed by atoms with E-state index in [0.29, 0.717) is 27.5 Å². The molecule has 0 saturated carbocycles. The first kappa shape index (κ1) is 19.0. The van der Waals surface area contributed by atoms with Gasteiger partial charge in [-0.2, -0.15) is 0 Å². The van der Waals surface area contributed by atoms with E-state index < -0.39 is 0 Å². The van der Waals surface area contributed by atoms with E-state index in [1.165, 1.54) is 11.8 Å². The number of hydrogen-bond donors (Lipinski definition) is 0. The van der Waals surface area contributed by atoms with Gasteiger partial charge in [-0.1, -0.05) is 59.5 Å². The SMILES string of the molecule is Cc1ccccc1C(=O)OCC#CCSc1nnc(-c2cccc(Cl)c2)o1. The van der Waals surface area contributed by atoms with Gasteiger partial charge in [0.25, 0.3) is 5.22 Å². The van der Waals surface area contributed by atoms with Crippen molar-refractivity contribution in [1.29, 1.82) is 0 Å². The van der Waals surface area contributed by atoms with E-state index in [2.05, 4.69) is 22.0 Å². The number of hydrogen-bond acceptors (Lipinski definition) is 6. The summed E-state index contributed by atoms with van der Waals surface area (Å²) in [5, 5.41) is 8.98. The van der Waals surface area contributed by atoms with Gasteiger partial charge in [-0.3, -0.25) is 0 Å². The van der Waals surface area contributed by atoms with E-state index in [4.69, 9.17) is 20.8 Å². The second kappa shape index (κ2) is 9.26. The average Bonchev–Trinajstić information content (AvgIpc) is 3.14. The standard InChI is InChI=1S/C20H15ClN2O3S/c1-14-7-2-3-10-17(14)19(24)25-11-4-5-12-27-20-23-22-18(26-20)15-8-6-9-16(21)13-15/h2-3,6-10,13H,11-12H2,1H3. The lowest BCUT2D eigenvalue weighted by Crippen LogP contribution is -2.07. The molecule has 0 spiro atoms. The fourth-order valence-corrected chi connectivity index (χ4v) is 2.91. The van der Waals surface area contributed by atoms with Gasteiger partial charge in [-0.25, -0.2) is 4.79 Å². The summed E-state index contributed by atoms with van der Waals surface area (Å²) < 4.78 is 10.7. The number of aryl methyl sites for hydroxylation is 1. The monoisotopic (exact) mass is 398 g/mol. The highest BCUT2D eigenvalue weighted by atomic mass is 35.5. The summed E-state index contributed by atoms with van der Waals surface area (Å²) in [5.41, 5.74) is 2.18. The molecule has 2 aromatic carbocycles. The van der Waals surface area contributed by atoms with Gasteiger partial charge in [0, 0.05) is 10.6 Å². The molecule has 0 amide bonds. The predicted octanol–water partition coefficient (Wildman–Crippen LogP) is 4.65. The van der Waals surface area contributed by atoms with Gasteiger partial charge in [-0.15, -0.1) is 10.2 Å². The number of halogens is 1. The summed E-state index contributed by atoms with van der Waals surface area (Å²) >= 11 is 7.26. The second-order valence-corrected chi connectivity index (χ2v) is 6.78. The minimum Gasteiger partial charge on any atom is -0.449 e. The molecule has 0 atom stereocenters. The smallest absolute Gasteiger partial charge is 0.339 e. The topological polar surface area (TPSA) is 65.2 Å². The lowest BCUT2D eigenvalue weighted by atomic mass is 10.1. The Morgan fingerprint density at radius 3 is 2.85 bits per heavy atom. The van der Waals surface area contributed by atoms with E-state index in [1.54, 1.807) is 24.3 Å². The van der Waals surface area contributed by atoms with E-state index in [9.17, 15) is 4.79 Å². The van der Waals surface area contributed by atoms with Crippen LogP contribution in [-0.4, -0.2) is 28.5 Å². The van der Waals surface area contributed by atoms with Crippen LogP contribution in [0.3, 0.4) is 0 Å². The van der Waals surface area contributed by atoms with Crippen molar-refractivity contribution in [3.05, 3.63) is 64.7 Å². The van der Waals surface area contributed by atoms with E-state index in [0.717, 1.165) is 11.1 Å². The summed E-state index contributed by atoms with van der Waals surface area (Å²) in [5.74, 6) is 6.17. The van der Waals surface area contributed by atoms with Crippen LogP contribution in [0, 0.1) is 18.8 Å². The first-order valence-corrected chi connectivity index (χ1v) is 9.40. The predicted molar refractivity (Wildman–Crippen MR) is 105 cm³/mol. The number of ether oxygens (including phenoxy) is 1. The van der Waals surface area contributed by atoms with Gasteiger partial charge in [0.1, 0.15) is 0 Å². The van der Waals surface area contributed by atoms with Gasteiger partial charge in [0.15, 0.2) is 6.61 Å². The molecule has 1 aromatic heterocycles. The molecular weight excluding hydrogens is 384 g/mol. The van der Waals surface area contributed by atoms with Crippen LogP contribution in [0.25, 0.3) is 11.5 Å². The molecule has 0 N–H and O–H groups in total. The number of esters is 1. The molecule has 0 aliphatic rings. The highest BCUT2D eigenvalue weighted by molar-refractivity contribution is 7.99. The number of benzene rings is 2. The van der Waals surface area contributed by atoms with Crippen LogP contribution >= 0.6 is 23.4 Å². The molecule has 0 unspecified atom stereocenters. The molecule has 5 nitrogen and oxygen atoms in total. The molecule has 3 aromatic rings. The average molecular weight is 399 g/mol. The molecule has 27 heavy (non-hydrogen) atoms. The van der Waals surface area contributed by atoms with Crippen molar-refractivity contribution in [3.63, 3.8) is 0 Å². The first-order chi connectivity index (χ1) is 13.1. The summed E-state index contributed by atoms with van der Waals surface area (Å²) in [4.78, 5) is 11.9. The summed E-state index contributed by atoms with van der Waals surface area (Å²) in [6, 6.07) is 14.5. The molecule has 0 radical (unpaired) electrons. The van der Waals surface area contributed by atoms with Gasteiger partial charge in [-0.05, 0) is 36.8 Å². The van der Waals surface area contributed by atoms with Crippen LogP contribution in [0.5, 0.6) is 0 Å². The van der Waals surface area contributed by atoms with Crippen molar-refractivity contribution >= 4 is 29.3 Å². The lowest BCUT2D eigenvalue weighted by Gasteiger charge is -2.03. The third-order valence-corrected chi connectivity index (χ3v) is 4.45. The fraction of sp³-hybridized carbons (Fsp3) is 0.150. The molecular formula is C20H15ClN2O3S. The maximum Gasteiger partial charge on any atom is 0.339 e. The van der Waals surface area contributed by atoms with Gasteiger partial charge in [0.2, 0.25) is 5.89 Å². The molecule has 136 valence electrons. The van der Waals surface area contributed by atoms with Crippen LogP contribution in [0.4, 0.5) is 0 Å². The number of carbonyl (C=O) groups is 1. The largest absolute Gasteiger partial charge is 0.449 e. The Bertz CT molecular complexity index is 1010.